The smallest absolute Gasteiger partial charge is 0.222 e. The van der Waals surface area contributed by atoms with Gasteiger partial charge >= 0.3 is 0 Å². The summed E-state index contributed by atoms with van der Waals surface area (Å²) in [6, 6.07) is 21.0. The van der Waals surface area contributed by atoms with Crippen molar-refractivity contribution in [3.05, 3.63) is 71.9 Å². The largest absolute Gasteiger partial charge is 0.336 e. The van der Waals surface area contributed by atoms with Crippen LogP contribution in [0.15, 0.2) is 60.7 Å². The molecule has 8 heteroatoms. The van der Waals surface area contributed by atoms with E-state index in [1.807, 2.05) is 31.2 Å². The molecule has 1 saturated heterocycles. The molecule has 0 saturated carbocycles. The Labute approximate surface area is 193 Å². The Bertz CT molecular complexity index is 1030. The fourth-order valence-electron chi connectivity index (χ4n) is 4.90. The first-order chi connectivity index (χ1) is 15.7. The molecular weight excluding hydrogens is 426 g/mol. The first-order valence-corrected chi connectivity index (χ1v) is 11.3. The molecule has 5 rings (SSSR count). The second kappa shape index (κ2) is 10.3. The standard InChI is InChI=1S/C24H27N5O.ClHO/c1-2-23(30)28-14-13-20-24(19-11-7-4-8-12-19)25-26-29(20)22-17-27(16-21(22)28)15-18-9-5-3-6-10-18;1-2/h3-12,21-22H,2,13-17H2,1H3;2H. The van der Waals surface area contributed by atoms with E-state index in [1.54, 1.807) is 0 Å². The van der Waals surface area contributed by atoms with E-state index in [9.17, 15) is 4.79 Å². The van der Waals surface area contributed by atoms with Crippen LogP contribution in [0.1, 0.15) is 30.6 Å². The van der Waals surface area contributed by atoms with Crippen molar-refractivity contribution in [2.75, 3.05) is 19.6 Å². The number of benzene rings is 2. The summed E-state index contributed by atoms with van der Waals surface area (Å²) in [5.74, 6) is 0.228. The van der Waals surface area contributed by atoms with Crippen LogP contribution >= 0.6 is 11.9 Å². The fourth-order valence-corrected chi connectivity index (χ4v) is 4.90. The molecule has 2 atom stereocenters. The Hall–Kier alpha value is -2.74. The Morgan fingerprint density at radius 3 is 2.38 bits per heavy atom. The minimum atomic E-state index is 0.131. The fraction of sp³-hybridized carbons (Fsp3) is 0.375. The lowest BCUT2D eigenvalue weighted by Crippen LogP contribution is -2.44. The molecule has 0 aliphatic carbocycles. The van der Waals surface area contributed by atoms with Gasteiger partial charge in [0.25, 0.3) is 0 Å². The van der Waals surface area contributed by atoms with Crippen LogP contribution in [0.2, 0.25) is 0 Å². The summed E-state index contributed by atoms with van der Waals surface area (Å²) in [6.45, 7) is 5.30. The van der Waals surface area contributed by atoms with Gasteiger partial charge in [-0.25, -0.2) is 4.68 Å². The van der Waals surface area contributed by atoms with Crippen LogP contribution in [0.5, 0.6) is 0 Å². The van der Waals surface area contributed by atoms with Gasteiger partial charge in [0.05, 0.1) is 29.6 Å². The molecular formula is C24H28ClN5O2. The van der Waals surface area contributed by atoms with E-state index in [0.29, 0.717) is 6.42 Å². The number of carbonyl (C=O) groups is 1. The number of likely N-dealkylation sites (tertiary alicyclic amines) is 1. The maximum Gasteiger partial charge on any atom is 0.222 e. The van der Waals surface area contributed by atoms with E-state index in [0.717, 1.165) is 49.6 Å². The number of halogens is 1. The maximum atomic E-state index is 12.8. The molecule has 2 aromatic carbocycles. The quantitative estimate of drug-likeness (QED) is 0.656. The third-order valence-corrected chi connectivity index (χ3v) is 6.35. The molecule has 168 valence electrons. The van der Waals surface area contributed by atoms with Gasteiger partial charge in [-0.3, -0.25) is 14.4 Å². The van der Waals surface area contributed by atoms with Crippen LogP contribution in [0.4, 0.5) is 0 Å². The first kappa shape index (κ1) is 22.5. The molecule has 3 aromatic rings. The highest BCUT2D eigenvalue weighted by Crippen LogP contribution is 2.34. The van der Waals surface area contributed by atoms with Crippen LogP contribution in [-0.4, -0.2) is 61.0 Å². The van der Waals surface area contributed by atoms with E-state index >= 15 is 0 Å². The zero-order valence-corrected chi connectivity index (χ0v) is 18.9. The predicted octanol–water partition coefficient (Wildman–Crippen LogP) is 3.30. The first-order valence-electron chi connectivity index (χ1n) is 11.0. The maximum absolute atomic E-state index is 12.8. The SMILES string of the molecule is CCC(=O)N1CCc2c(-c3ccccc3)nnn2C2CN(Cc3ccccc3)CC21.OCl. The molecule has 7 nitrogen and oxygen atoms in total. The number of aromatic nitrogens is 3. The summed E-state index contributed by atoms with van der Waals surface area (Å²) in [5.41, 5.74) is 4.47. The van der Waals surface area contributed by atoms with Crippen molar-refractivity contribution in [3.8, 4) is 11.3 Å². The molecule has 2 aliphatic rings. The predicted molar refractivity (Wildman–Crippen MR) is 124 cm³/mol. The van der Waals surface area contributed by atoms with Gasteiger partial charge in [0.15, 0.2) is 0 Å². The minimum Gasteiger partial charge on any atom is -0.336 e. The number of fused-ring (bicyclic) bond motifs is 3. The van der Waals surface area contributed by atoms with Crippen LogP contribution in [0, 0.1) is 0 Å². The number of amides is 1. The van der Waals surface area contributed by atoms with Gasteiger partial charge in [-0.15, -0.1) is 5.10 Å². The van der Waals surface area contributed by atoms with Crippen molar-refractivity contribution in [3.63, 3.8) is 0 Å². The van der Waals surface area contributed by atoms with Gasteiger partial charge in [0.2, 0.25) is 5.91 Å². The molecule has 0 radical (unpaired) electrons. The van der Waals surface area contributed by atoms with Gasteiger partial charge in [0, 0.05) is 44.6 Å². The van der Waals surface area contributed by atoms with E-state index in [2.05, 4.69) is 73.1 Å². The van der Waals surface area contributed by atoms with Gasteiger partial charge < -0.3 is 4.90 Å². The number of hydrogen-bond acceptors (Lipinski definition) is 5. The molecule has 2 unspecified atom stereocenters. The summed E-state index contributed by atoms with van der Waals surface area (Å²) in [4.78, 5) is 17.4. The van der Waals surface area contributed by atoms with Crippen LogP contribution < -0.4 is 0 Å². The zero-order chi connectivity index (χ0) is 22.5. The lowest BCUT2D eigenvalue weighted by molar-refractivity contribution is -0.133. The number of nitrogens with zero attached hydrogens (tertiary/aromatic N) is 5. The van der Waals surface area contributed by atoms with Gasteiger partial charge in [-0.05, 0) is 5.56 Å². The summed E-state index contributed by atoms with van der Waals surface area (Å²) in [5, 5.41) is 9.16. The normalized spacial score (nSPS) is 20.0. The minimum absolute atomic E-state index is 0.131. The highest BCUT2D eigenvalue weighted by molar-refractivity contribution is 6.04. The van der Waals surface area contributed by atoms with Gasteiger partial charge in [-0.1, -0.05) is 72.8 Å². The average Bonchev–Trinajstić information content (AvgIpc) is 3.42. The molecule has 32 heavy (non-hydrogen) atoms. The lowest BCUT2D eigenvalue weighted by atomic mass is 10.1. The van der Waals surface area contributed by atoms with E-state index in [-0.39, 0.29) is 18.0 Å². The monoisotopic (exact) mass is 453 g/mol. The van der Waals surface area contributed by atoms with Crippen LogP contribution in [0.3, 0.4) is 0 Å². The number of rotatable bonds is 4. The molecule has 1 amide bonds. The second-order valence-electron chi connectivity index (χ2n) is 8.20. The van der Waals surface area contributed by atoms with Crippen molar-refractivity contribution < 1.29 is 9.45 Å². The third-order valence-electron chi connectivity index (χ3n) is 6.35. The Morgan fingerprint density at radius 2 is 1.69 bits per heavy atom. The summed E-state index contributed by atoms with van der Waals surface area (Å²) in [7, 11) is 0. The van der Waals surface area contributed by atoms with E-state index in [1.165, 1.54) is 5.56 Å². The number of carbonyl (C=O) groups excluding carboxylic acids is 1. The average molecular weight is 454 g/mol. The molecule has 1 fully saturated rings. The van der Waals surface area contributed by atoms with Gasteiger partial charge in [0.1, 0.15) is 5.69 Å². The molecule has 3 heterocycles. The number of hydrogen-bond donors (Lipinski definition) is 1. The Kier molecular flexibility index (Phi) is 7.19. The molecule has 2 aliphatic heterocycles. The Balaban J connectivity index is 0.00000119. The second-order valence-corrected chi connectivity index (χ2v) is 8.20. The topological polar surface area (TPSA) is 74.5 Å². The van der Waals surface area contributed by atoms with Crippen molar-refractivity contribution in [1.29, 1.82) is 0 Å². The Morgan fingerprint density at radius 1 is 1.03 bits per heavy atom. The summed E-state index contributed by atoms with van der Waals surface area (Å²) < 4.78 is 8.58. The van der Waals surface area contributed by atoms with E-state index in [4.69, 9.17) is 4.66 Å². The summed E-state index contributed by atoms with van der Waals surface area (Å²) >= 11 is 3.64. The van der Waals surface area contributed by atoms with E-state index < -0.39 is 0 Å². The molecule has 0 spiro atoms. The summed E-state index contributed by atoms with van der Waals surface area (Å²) in [6.07, 6.45) is 1.32. The molecule has 1 N–H and O–H groups in total. The van der Waals surface area contributed by atoms with Crippen molar-refractivity contribution >= 4 is 17.8 Å². The van der Waals surface area contributed by atoms with Crippen molar-refractivity contribution in [2.45, 2.75) is 38.4 Å². The van der Waals surface area contributed by atoms with Crippen LogP contribution in [0.25, 0.3) is 11.3 Å². The molecule has 0 bridgehead atoms. The van der Waals surface area contributed by atoms with Crippen molar-refractivity contribution in [2.24, 2.45) is 0 Å². The lowest BCUT2D eigenvalue weighted by Gasteiger charge is -2.30. The van der Waals surface area contributed by atoms with Crippen LogP contribution in [-0.2, 0) is 17.8 Å². The highest BCUT2D eigenvalue weighted by Gasteiger charge is 2.43. The molecule has 1 aromatic heterocycles. The highest BCUT2D eigenvalue weighted by atomic mass is 35.5. The third kappa shape index (κ3) is 4.41. The van der Waals surface area contributed by atoms with Gasteiger partial charge in [-0.2, -0.15) is 0 Å². The zero-order valence-electron chi connectivity index (χ0n) is 18.1. The van der Waals surface area contributed by atoms with Crippen molar-refractivity contribution in [1.82, 2.24) is 24.8 Å².